The van der Waals surface area contributed by atoms with Gasteiger partial charge in [-0.2, -0.15) is 5.26 Å². The van der Waals surface area contributed by atoms with E-state index in [4.69, 9.17) is 17.3 Å². The fourth-order valence-corrected chi connectivity index (χ4v) is 6.04. The number of pyridine rings is 1. The summed E-state index contributed by atoms with van der Waals surface area (Å²) in [4.78, 5) is 41.6. The smallest absolute Gasteiger partial charge is 0.303 e. The van der Waals surface area contributed by atoms with Gasteiger partial charge in [-0.15, -0.1) is 0 Å². The van der Waals surface area contributed by atoms with Crippen LogP contribution in [0.2, 0.25) is 0 Å². The average Bonchev–Trinajstić information content (AvgIpc) is 3.01. The van der Waals surface area contributed by atoms with Crippen molar-refractivity contribution in [3.05, 3.63) is 31.9 Å². The zero-order valence-electron chi connectivity index (χ0n) is 21.0. The first-order chi connectivity index (χ1) is 17.3. The minimum absolute atomic E-state index is 0.113. The van der Waals surface area contributed by atoms with Gasteiger partial charge in [-0.1, -0.05) is 50.2 Å². The van der Waals surface area contributed by atoms with Gasteiger partial charge in [-0.3, -0.25) is 23.9 Å². The highest BCUT2D eigenvalue weighted by Crippen LogP contribution is 2.36. The number of amides is 1. The topological polar surface area (TPSA) is 107 Å². The Hall–Kier alpha value is -2.64. The van der Waals surface area contributed by atoms with Gasteiger partial charge in [0.15, 0.2) is 0 Å². The molecule has 0 unspecified atom stereocenters. The summed E-state index contributed by atoms with van der Waals surface area (Å²) < 4.78 is 2.19. The fraction of sp³-hybridized carbons (Fsp3) is 0.577. The number of anilines is 1. The molecule has 0 spiro atoms. The molecule has 1 amide bonds. The Kier molecular flexibility index (Phi) is 10.1. The second-order valence-electron chi connectivity index (χ2n) is 9.24. The summed E-state index contributed by atoms with van der Waals surface area (Å²) in [7, 11) is 0. The molecule has 2 saturated heterocycles. The van der Waals surface area contributed by atoms with Crippen LogP contribution in [0.15, 0.2) is 9.70 Å². The van der Waals surface area contributed by atoms with Gasteiger partial charge in [-0.25, -0.2) is 0 Å². The number of aliphatic carboxylic acids is 1. The number of hydrogen-bond acceptors (Lipinski definition) is 7. The number of thioether (sulfide) groups is 1. The summed E-state index contributed by atoms with van der Waals surface area (Å²) in [6, 6.07) is 2.10. The summed E-state index contributed by atoms with van der Waals surface area (Å²) in [5.41, 5.74) is 1.17. The molecule has 0 saturated carbocycles. The van der Waals surface area contributed by atoms with E-state index in [2.05, 4.69) is 11.0 Å². The first kappa shape index (κ1) is 27.9. The lowest BCUT2D eigenvalue weighted by atomic mass is 10.0. The van der Waals surface area contributed by atoms with Crippen LogP contribution in [0.5, 0.6) is 0 Å². The highest BCUT2D eigenvalue weighted by atomic mass is 32.2. The normalized spacial score (nSPS) is 17.5. The van der Waals surface area contributed by atoms with Gasteiger partial charge in [0.1, 0.15) is 21.8 Å². The highest BCUT2D eigenvalue weighted by molar-refractivity contribution is 8.26. The zero-order valence-corrected chi connectivity index (χ0v) is 22.7. The molecule has 3 rings (SSSR count). The van der Waals surface area contributed by atoms with E-state index in [9.17, 15) is 19.6 Å². The Morgan fingerprint density at radius 1 is 1.14 bits per heavy atom. The van der Waals surface area contributed by atoms with Crippen molar-refractivity contribution in [2.24, 2.45) is 0 Å². The van der Waals surface area contributed by atoms with Gasteiger partial charge < -0.3 is 10.0 Å². The number of thiocarbonyl (C=S) groups is 1. The van der Waals surface area contributed by atoms with E-state index >= 15 is 0 Å². The number of unbranched alkanes of at least 4 members (excludes halogenated alkanes) is 2. The largest absolute Gasteiger partial charge is 0.481 e. The number of carbonyl (C=O) groups is 2. The third-order valence-corrected chi connectivity index (χ3v) is 8.00. The van der Waals surface area contributed by atoms with E-state index in [1.165, 1.54) is 11.8 Å². The number of rotatable bonds is 10. The van der Waals surface area contributed by atoms with Crippen molar-refractivity contribution < 1.29 is 14.7 Å². The first-order valence-electron chi connectivity index (χ1n) is 12.7. The number of carboxylic acid groups (broad SMARTS) is 1. The molecule has 0 bridgehead atoms. The Balaban J connectivity index is 2.00. The Morgan fingerprint density at radius 3 is 2.44 bits per heavy atom. The number of hydrogen-bond donors (Lipinski definition) is 1. The van der Waals surface area contributed by atoms with Crippen molar-refractivity contribution in [3.63, 3.8) is 0 Å². The third-order valence-electron chi connectivity index (χ3n) is 6.62. The molecule has 2 fully saturated rings. The van der Waals surface area contributed by atoms with Crippen molar-refractivity contribution in [3.8, 4) is 6.07 Å². The van der Waals surface area contributed by atoms with Crippen molar-refractivity contribution >= 4 is 52.1 Å². The van der Waals surface area contributed by atoms with Crippen LogP contribution >= 0.6 is 24.0 Å². The van der Waals surface area contributed by atoms with Crippen LogP contribution in [0.3, 0.4) is 0 Å². The summed E-state index contributed by atoms with van der Waals surface area (Å²) in [5.74, 6) is -0.212. The minimum atomic E-state index is -0.819. The van der Waals surface area contributed by atoms with Crippen molar-refractivity contribution in [1.82, 2.24) is 9.47 Å². The van der Waals surface area contributed by atoms with Crippen LogP contribution < -0.4 is 10.5 Å². The van der Waals surface area contributed by atoms with Crippen LogP contribution in [0.4, 0.5) is 5.82 Å². The van der Waals surface area contributed by atoms with Gasteiger partial charge in [0.2, 0.25) is 0 Å². The maximum Gasteiger partial charge on any atom is 0.303 e. The molecule has 2 aliphatic rings. The lowest BCUT2D eigenvalue weighted by Gasteiger charge is -2.29. The maximum atomic E-state index is 13.3. The van der Waals surface area contributed by atoms with Crippen LogP contribution in [0.25, 0.3) is 6.08 Å². The van der Waals surface area contributed by atoms with E-state index in [1.54, 1.807) is 16.4 Å². The van der Waals surface area contributed by atoms with Crippen molar-refractivity contribution in [2.75, 3.05) is 24.5 Å². The zero-order chi connectivity index (χ0) is 26.2. The number of nitrogens with zero attached hydrogens (tertiary/aromatic N) is 4. The van der Waals surface area contributed by atoms with Crippen molar-refractivity contribution in [1.29, 1.82) is 5.26 Å². The summed E-state index contributed by atoms with van der Waals surface area (Å²) in [6.07, 6.45) is 8.96. The van der Waals surface area contributed by atoms with Gasteiger partial charge in [0.25, 0.3) is 11.5 Å². The lowest BCUT2D eigenvalue weighted by Crippen LogP contribution is -2.35. The summed E-state index contributed by atoms with van der Waals surface area (Å²) in [6.45, 7) is 6.38. The van der Waals surface area contributed by atoms with Gasteiger partial charge >= 0.3 is 5.97 Å². The SMILES string of the molecule is CCCn1c(N2CCCCCC2)c(C=C2SC(=S)N(CCCCCC(=O)O)C2=O)c(C)c(C#N)c1=O. The predicted molar refractivity (Wildman–Crippen MR) is 147 cm³/mol. The van der Waals surface area contributed by atoms with Crippen molar-refractivity contribution in [2.45, 2.75) is 78.2 Å². The number of nitriles is 1. The molecule has 1 aromatic heterocycles. The molecule has 1 aromatic rings. The van der Waals surface area contributed by atoms with Gasteiger partial charge in [0, 0.05) is 38.2 Å². The van der Waals surface area contributed by atoms with Crippen LogP contribution in [-0.4, -0.2) is 50.4 Å². The minimum Gasteiger partial charge on any atom is -0.481 e. The molecule has 0 atom stereocenters. The van der Waals surface area contributed by atoms with E-state index in [0.29, 0.717) is 47.1 Å². The van der Waals surface area contributed by atoms with E-state index in [0.717, 1.165) is 56.6 Å². The molecular weight excluding hydrogens is 496 g/mol. The Labute approximate surface area is 221 Å². The first-order valence-corrected chi connectivity index (χ1v) is 13.9. The van der Waals surface area contributed by atoms with Gasteiger partial charge in [0.05, 0.1) is 4.91 Å². The second-order valence-corrected chi connectivity index (χ2v) is 10.9. The fourth-order valence-electron chi connectivity index (χ4n) is 4.75. The van der Waals surface area contributed by atoms with E-state index in [1.807, 2.05) is 13.0 Å². The van der Waals surface area contributed by atoms with E-state index < -0.39 is 5.97 Å². The van der Waals surface area contributed by atoms with Crippen LogP contribution in [-0.2, 0) is 16.1 Å². The molecule has 0 aromatic carbocycles. The number of carboxylic acids is 1. The molecule has 8 nitrogen and oxygen atoms in total. The molecular formula is C26H34N4O4S2. The molecule has 0 aliphatic carbocycles. The molecule has 2 aliphatic heterocycles. The molecule has 10 heteroatoms. The molecule has 1 N–H and O–H groups in total. The molecule has 36 heavy (non-hydrogen) atoms. The highest BCUT2D eigenvalue weighted by Gasteiger charge is 2.33. The number of aromatic nitrogens is 1. The maximum absolute atomic E-state index is 13.3. The average molecular weight is 531 g/mol. The van der Waals surface area contributed by atoms with Crippen LogP contribution in [0, 0.1) is 18.3 Å². The standard InChI is InChI=1S/C26H34N4O4S2/c1-3-12-29-23(28-13-8-4-5-9-14-28)19(18(2)20(17-27)24(29)33)16-21-25(34)30(26(35)36-21)15-10-6-7-11-22(31)32/h16H,3-15H2,1-2H3,(H,31,32). The second kappa shape index (κ2) is 13.1. The quantitative estimate of drug-likeness (QED) is 0.264. The Morgan fingerprint density at radius 2 is 1.83 bits per heavy atom. The predicted octanol–water partition coefficient (Wildman–Crippen LogP) is 4.67. The summed E-state index contributed by atoms with van der Waals surface area (Å²) >= 11 is 6.73. The third kappa shape index (κ3) is 6.37. The molecule has 3 heterocycles. The lowest BCUT2D eigenvalue weighted by molar-refractivity contribution is -0.137. The molecule has 194 valence electrons. The van der Waals surface area contributed by atoms with Crippen LogP contribution in [0.1, 0.15) is 81.4 Å². The van der Waals surface area contributed by atoms with E-state index in [-0.39, 0.29) is 23.5 Å². The monoisotopic (exact) mass is 530 g/mol. The molecule has 0 radical (unpaired) electrons. The van der Waals surface area contributed by atoms with Gasteiger partial charge in [-0.05, 0) is 50.7 Å². The summed E-state index contributed by atoms with van der Waals surface area (Å²) in [5, 5.41) is 18.6. The number of carbonyl (C=O) groups excluding carboxylic acids is 1. The Bertz CT molecular complexity index is 1140.